The second-order valence-electron chi connectivity index (χ2n) is 4.93. The molecule has 2 rings (SSSR count). The summed E-state index contributed by atoms with van der Waals surface area (Å²) in [6.45, 7) is 4.85. The number of benzene rings is 1. The van der Waals surface area contributed by atoms with Crippen LogP contribution in [0.25, 0.3) is 11.3 Å². The standard InChI is InChI=1S/C15H21N3O/c1-10(9-16)8-14-17-11(2)15(18-14)12-4-6-13(19-3)7-5-12/h4-7,10H,8-9,16H2,1-3H3,(H,17,18). The van der Waals surface area contributed by atoms with Crippen LogP contribution in [-0.2, 0) is 6.42 Å². The predicted molar refractivity (Wildman–Crippen MR) is 77.2 cm³/mol. The highest BCUT2D eigenvalue weighted by Gasteiger charge is 2.11. The summed E-state index contributed by atoms with van der Waals surface area (Å²) in [7, 11) is 1.67. The van der Waals surface area contributed by atoms with E-state index in [0.717, 1.165) is 34.9 Å². The van der Waals surface area contributed by atoms with Gasteiger partial charge in [0.2, 0.25) is 0 Å². The lowest BCUT2D eigenvalue weighted by atomic mass is 10.1. The zero-order valence-corrected chi connectivity index (χ0v) is 11.7. The third kappa shape index (κ3) is 3.15. The van der Waals surface area contributed by atoms with E-state index < -0.39 is 0 Å². The van der Waals surface area contributed by atoms with E-state index in [1.807, 2.05) is 31.2 Å². The SMILES string of the molecule is COc1ccc(-c2nc(CC(C)CN)[nH]c2C)cc1. The van der Waals surface area contributed by atoms with E-state index in [4.69, 9.17) is 10.5 Å². The summed E-state index contributed by atoms with van der Waals surface area (Å²) in [4.78, 5) is 8.01. The lowest BCUT2D eigenvalue weighted by Crippen LogP contribution is -2.13. The molecular weight excluding hydrogens is 238 g/mol. The number of imidazole rings is 1. The number of aryl methyl sites for hydroxylation is 1. The lowest BCUT2D eigenvalue weighted by Gasteiger charge is -2.04. The molecule has 1 atom stereocenters. The molecule has 1 heterocycles. The van der Waals surface area contributed by atoms with Gasteiger partial charge in [0.1, 0.15) is 11.6 Å². The van der Waals surface area contributed by atoms with Crippen LogP contribution in [-0.4, -0.2) is 23.6 Å². The van der Waals surface area contributed by atoms with Crippen LogP contribution in [0.2, 0.25) is 0 Å². The first-order valence-corrected chi connectivity index (χ1v) is 6.54. The van der Waals surface area contributed by atoms with Crippen LogP contribution in [0.1, 0.15) is 18.4 Å². The van der Waals surface area contributed by atoms with E-state index >= 15 is 0 Å². The molecule has 0 fully saturated rings. The van der Waals surface area contributed by atoms with Crippen LogP contribution in [0.3, 0.4) is 0 Å². The molecule has 2 aromatic rings. The Bertz CT molecular complexity index is 531. The van der Waals surface area contributed by atoms with Crippen LogP contribution in [0, 0.1) is 12.8 Å². The minimum atomic E-state index is 0.439. The molecule has 0 bridgehead atoms. The number of ether oxygens (including phenoxy) is 1. The van der Waals surface area contributed by atoms with Crippen LogP contribution in [0.4, 0.5) is 0 Å². The molecule has 1 unspecified atom stereocenters. The second-order valence-corrected chi connectivity index (χ2v) is 4.93. The number of aromatic amines is 1. The zero-order valence-electron chi connectivity index (χ0n) is 11.7. The van der Waals surface area contributed by atoms with Gasteiger partial charge >= 0.3 is 0 Å². The van der Waals surface area contributed by atoms with Gasteiger partial charge in [0.25, 0.3) is 0 Å². The summed E-state index contributed by atoms with van der Waals surface area (Å²) in [6, 6.07) is 7.95. The van der Waals surface area contributed by atoms with Crippen molar-refractivity contribution in [3.05, 3.63) is 35.8 Å². The predicted octanol–water partition coefficient (Wildman–Crippen LogP) is 2.53. The van der Waals surface area contributed by atoms with Crippen molar-refractivity contribution in [2.24, 2.45) is 11.7 Å². The molecule has 0 radical (unpaired) electrons. The summed E-state index contributed by atoms with van der Waals surface area (Å²) >= 11 is 0. The van der Waals surface area contributed by atoms with E-state index in [0.29, 0.717) is 12.5 Å². The first-order valence-electron chi connectivity index (χ1n) is 6.54. The molecule has 1 aromatic carbocycles. The third-order valence-corrected chi connectivity index (χ3v) is 3.24. The van der Waals surface area contributed by atoms with Crippen molar-refractivity contribution in [3.63, 3.8) is 0 Å². The maximum atomic E-state index is 5.65. The van der Waals surface area contributed by atoms with Gasteiger partial charge in [0, 0.05) is 17.7 Å². The zero-order chi connectivity index (χ0) is 13.8. The summed E-state index contributed by atoms with van der Waals surface area (Å²) in [5.74, 6) is 2.30. The number of methoxy groups -OCH3 is 1. The first-order chi connectivity index (χ1) is 9.13. The highest BCUT2D eigenvalue weighted by atomic mass is 16.5. The van der Waals surface area contributed by atoms with Crippen molar-refractivity contribution in [3.8, 4) is 17.0 Å². The van der Waals surface area contributed by atoms with Gasteiger partial charge in [0.15, 0.2) is 0 Å². The maximum absolute atomic E-state index is 5.65. The van der Waals surface area contributed by atoms with Crippen molar-refractivity contribution in [2.45, 2.75) is 20.3 Å². The van der Waals surface area contributed by atoms with Crippen molar-refractivity contribution < 1.29 is 4.74 Å². The second kappa shape index (κ2) is 5.89. The smallest absolute Gasteiger partial charge is 0.118 e. The van der Waals surface area contributed by atoms with E-state index in [1.54, 1.807) is 7.11 Å². The average Bonchev–Trinajstić information content (AvgIpc) is 2.79. The van der Waals surface area contributed by atoms with Gasteiger partial charge in [-0.25, -0.2) is 4.98 Å². The minimum absolute atomic E-state index is 0.439. The molecule has 0 aliphatic rings. The van der Waals surface area contributed by atoms with Crippen LogP contribution < -0.4 is 10.5 Å². The molecule has 0 saturated heterocycles. The topological polar surface area (TPSA) is 63.9 Å². The van der Waals surface area contributed by atoms with Crippen molar-refractivity contribution in [1.29, 1.82) is 0 Å². The molecule has 0 amide bonds. The fraction of sp³-hybridized carbons (Fsp3) is 0.400. The number of hydrogen-bond acceptors (Lipinski definition) is 3. The third-order valence-electron chi connectivity index (χ3n) is 3.24. The number of nitrogens with one attached hydrogen (secondary N) is 1. The summed E-state index contributed by atoms with van der Waals surface area (Å²) in [5, 5.41) is 0. The molecule has 0 aliphatic heterocycles. The monoisotopic (exact) mass is 259 g/mol. The van der Waals surface area contributed by atoms with Crippen LogP contribution in [0.15, 0.2) is 24.3 Å². The van der Waals surface area contributed by atoms with Gasteiger partial charge in [-0.2, -0.15) is 0 Å². The number of hydrogen-bond donors (Lipinski definition) is 2. The van der Waals surface area contributed by atoms with Gasteiger partial charge in [-0.3, -0.25) is 0 Å². The van der Waals surface area contributed by atoms with Crippen molar-refractivity contribution in [1.82, 2.24) is 9.97 Å². The Labute approximate surface area is 114 Å². The average molecular weight is 259 g/mol. The first kappa shape index (κ1) is 13.6. The fourth-order valence-corrected chi connectivity index (χ4v) is 2.06. The largest absolute Gasteiger partial charge is 0.497 e. The highest BCUT2D eigenvalue weighted by molar-refractivity contribution is 5.62. The van der Waals surface area contributed by atoms with E-state index in [2.05, 4.69) is 16.9 Å². The molecule has 0 aliphatic carbocycles. The summed E-state index contributed by atoms with van der Waals surface area (Å²) in [5.41, 5.74) is 8.84. The molecule has 4 heteroatoms. The Morgan fingerprint density at radius 3 is 2.58 bits per heavy atom. The molecule has 1 aromatic heterocycles. The Hall–Kier alpha value is -1.81. The van der Waals surface area contributed by atoms with Gasteiger partial charge in [0.05, 0.1) is 12.8 Å². The van der Waals surface area contributed by atoms with E-state index in [9.17, 15) is 0 Å². The van der Waals surface area contributed by atoms with Crippen molar-refractivity contribution >= 4 is 0 Å². The number of aromatic nitrogens is 2. The van der Waals surface area contributed by atoms with Gasteiger partial charge in [-0.15, -0.1) is 0 Å². The van der Waals surface area contributed by atoms with Crippen molar-refractivity contribution in [2.75, 3.05) is 13.7 Å². The minimum Gasteiger partial charge on any atom is -0.497 e. The molecule has 0 saturated carbocycles. The number of H-pyrrole nitrogens is 1. The number of nitrogens with two attached hydrogens (primary N) is 1. The molecule has 0 spiro atoms. The Balaban J connectivity index is 2.24. The van der Waals surface area contributed by atoms with Crippen LogP contribution in [0.5, 0.6) is 5.75 Å². The Kier molecular flexibility index (Phi) is 4.22. The van der Waals surface area contributed by atoms with Gasteiger partial charge in [-0.1, -0.05) is 6.92 Å². The molecule has 4 nitrogen and oxygen atoms in total. The van der Waals surface area contributed by atoms with Gasteiger partial charge in [-0.05, 0) is 43.7 Å². The fourth-order valence-electron chi connectivity index (χ4n) is 2.06. The van der Waals surface area contributed by atoms with Crippen LogP contribution >= 0.6 is 0 Å². The normalized spacial score (nSPS) is 12.4. The summed E-state index contributed by atoms with van der Waals surface area (Å²) < 4.78 is 5.17. The quantitative estimate of drug-likeness (QED) is 0.867. The number of rotatable bonds is 5. The highest BCUT2D eigenvalue weighted by Crippen LogP contribution is 2.24. The maximum Gasteiger partial charge on any atom is 0.118 e. The van der Waals surface area contributed by atoms with Gasteiger partial charge < -0.3 is 15.5 Å². The molecule has 102 valence electrons. The lowest BCUT2D eigenvalue weighted by molar-refractivity contribution is 0.415. The van der Waals surface area contributed by atoms with E-state index in [1.165, 1.54) is 0 Å². The Morgan fingerprint density at radius 2 is 2.00 bits per heavy atom. The number of nitrogens with zero attached hydrogens (tertiary/aromatic N) is 1. The molecular formula is C15H21N3O. The molecule has 3 N–H and O–H groups in total. The van der Waals surface area contributed by atoms with E-state index in [-0.39, 0.29) is 0 Å². The molecule has 19 heavy (non-hydrogen) atoms. The summed E-state index contributed by atoms with van der Waals surface area (Å²) in [6.07, 6.45) is 0.882. The Morgan fingerprint density at radius 1 is 1.32 bits per heavy atom.